The smallest absolute Gasteiger partial charge is 0.417 e. The number of alkyl halides is 3. The molecule has 2 heterocycles. The van der Waals surface area contributed by atoms with Gasteiger partial charge in [0, 0.05) is 30.2 Å². The highest BCUT2D eigenvalue weighted by Gasteiger charge is 2.45. The number of carbonyl (C=O) groups excluding carboxylic acids is 1. The molecule has 0 aromatic carbocycles. The fourth-order valence-electron chi connectivity index (χ4n) is 4.79. The molecule has 0 bridgehead atoms. The zero-order valence-electron chi connectivity index (χ0n) is 20.2. The Morgan fingerprint density at radius 2 is 2.03 bits per heavy atom. The summed E-state index contributed by atoms with van der Waals surface area (Å²) in [4.78, 5) is 17.0. The van der Waals surface area contributed by atoms with E-state index in [-0.39, 0.29) is 29.4 Å². The van der Waals surface area contributed by atoms with Crippen LogP contribution in [0.5, 0.6) is 0 Å². The number of halogens is 3. The molecule has 0 saturated heterocycles. The lowest BCUT2D eigenvalue weighted by Crippen LogP contribution is -2.40. The second-order valence-electron chi connectivity index (χ2n) is 9.43. The summed E-state index contributed by atoms with van der Waals surface area (Å²) in [5, 5.41) is 11.5. The molecule has 2 aliphatic rings. The summed E-state index contributed by atoms with van der Waals surface area (Å²) in [6.45, 7) is 10.2. The molecule has 3 rings (SSSR count). The first-order chi connectivity index (χ1) is 15.9. The average molecular weight is 496 g/mol. The van der Waals surface area contributed by atoms with Crippen molar-refractivity contribution in [3.63, 3.8) is 0 Å². The van der Waals surface area contributed by atoms with Gasteiger partial charge in [-0.25, -0.2) is 9.78 Å². The second kappa shape index (κ2) is 10.2. The first kappa shape index (κ1) is 26.4. The van der Waals surface area contributed by atoms with Crippen molar-refractivity contribution >= 4 is 17.7 Å². The third kappa shape index (κ3) is 5.53. The maximum atomic E-state index is 13.2. The molecule has 0 spiro atoms. The second-order valence-corrected chi connectivity index (χ2v) is 10.5. The van der Waals surface area contributed by atoms with Gasteiger partial charge >= 0.3 is 12.1 Å². The number of hydrogen-bond donors (Lipinski definition) is 1. The molecule has 186 valence electrons. The van der Waals surface area contributed by atoms with Crippen LogP contribution in [0.25, 0.3) is 0 Å². The van der Waals surface area contributed by atoms with Crippen LogP contribution in [0.2, 0.25) is 0 Å². The molecule has 0 saturated carbocycles. The van der Waals surface area contributed by atoms with E-state index in [0.29, 0.717) is 16.4 Å². The largest absolute Gasteiger partial charge is 0.512 e. The van der Waals surface area contributed by atoms with Gasteiger partial charge in [-0.2, -0.15) is 13.2 Å². The van der Waals surface area contributed by atoms with Gasteiger partial charge in [0.1, 0.15) is 11.9 Å². The van der Waals surface area contributed by atoms with Gasteiger partial charge in [0.25, 0.3) is 0 Å². The van der Waals surface area contributed by atoms with Crippen LogP contribution < -0.4 is 0 Å². The van der Waals surface area contributed by atoms with Crippen molar-refractivity contribution in [2.75, 3.05) is 5.75 Å². The molecule has 0 fully saturated rings. The number of nitrogens with zero attached hydrogens (tertiary/aromatic N) is 1. The average Bonchev–Trinajstić information content (AvgIpc) is 2.77. The van der Waals surface area contributed by atoms with Gasteiger partial charge in [0.05, 0.1) is 16.2 Å². The Morgan fingerprint density at radius 1 is 1.32 bits per heavy atom. The standard InChI is InChI=1S/C26H32F3NO3S/c1-6-17-10-15(3)12-25(5,7-2)23(17)22-19(31)11-20(33-24(22)32)16(4)14-34-21-9-8-18(13-30-21)26(27,28)29/h8-10,12-13,16,20,23,31H,6-7,11,14H2,1-5H3. The van der Waals surface area contributed by atoms with Crippen molar-refractivity contribution in [3.8, 4) is 0 Å². The van der Waals surface area contributed by atoms with Crippen molar-refractivity contribution in [1.29, 1.82) is 0 Å². The number of cyclic esters (lactones) is 1. The molecule has 1 aromatic rings. The lowest BCUT2D eigenvalue weighted by molar-refractivity contribution is -0.150. The molecule has 1 aliphatic carbocycles. The quantitative estimate of drug-likeness (QED) is 0.318. The van der Waals surface area contributed by atoms with Crippen LogP contribution >= 0.6 is 11.8 Å². The normalized spacial score (nSPS) is 26.6. The Labute approximate surface area is 203 Å². The van der Waals surface area contributed by atoms with Crippen molar-refractivity contribution < 1.29 is 27.8 Å². The lowest BCUT2D eigenvalue weighted by Gasteiger charge is -2.42. The van der Waals surface area contributed by atoms with E-state index in [1.54, 1.807) is 0 Å². The number of aliphatic hydroxyl groups excluding tert-OH is 1. The van der Waals surface area contributed by atoms with Crippen LogP contribution in [0.3, 0.4) is 0 Å². The van der Waals surface area contributed by atoms with Crippen molar-refractivity contribution in [1.82, 2.24) is 4.98 Å². The van der Waals surface area contributed by atoms with Gasteiger partial charge < -0.3 is 9.84 Å². The summed E-state index contributed by atoms with van der Waals surface area (Å²) in [6.07, 6.45) is 1.96. The lowest BCUT2D eigenvalue weighted by atomic mass is 9.63. The zero-order valence-corrected chi connectivity index (χ0v) is 21.0. The number of carbonyl (C=O) groups is 1. The van der Waals surface area contributed by atoms with Gasteiger partial charge in [-0.1, -0.05) is 51.0 Å². The summed E-state index contributed by atoms with van der Waals surface area (Å²) in [5.41, 5.74) is 1.53. The summed E-state index contributed by atoms with van der Waals surface area (Å²) in [5.74, 6) is -0.301. The number of pyridine rings is 1. The number of rotatable bonds is 7. The van der Waals surface area contributed by atoms with Crippen LogP contribution in [0.4, 0.5) is 13.2 Å². The van der Waals surface area contributed by atoms with Gasteiger partial charge in [-0.3, -0.25) is 0 Å². The monoisotopic (exact) mass is 495 g/mol. The minimum atomic E-state index is -4.42. The summed E-state index contributed by atoms with van der Waals surface area (Å²) < 4.78 is 44.0. The maximum absolute atomic E-state index is 13.2. The van der Waals surface area contributed by atoms with E-state index in [9.17, 15) is 23.1 Å². The van der Waals surface area contributed by atoms with Crippen LogP contribution in [0.1, 0.15) is 59.4 Å². The molecule has 0 amide bonds. The van der Waals surface area contributed by atoms with Crippen molar-refractivity contribution in [2.45, 2.75) is 71.2 Å². The summed E-state index contributed by atoms with van der Waals surface area (Å²) in [6, 6.07) is 2.34. The number of hydrogen-bond acceptors (Lipinski definition) is 5. The molecule has 4 atom stereocenters. The molecule has 0 radical (unpaired) electrons. The van der Waals surface area contributed by atoms with Crippen molar-refractivity contribution in [3.05, 3.63) is 58.5 Å². The molecule has 1 N–H and O–H groups in total. The molecular weight excluding hydrogens is 463 g/mol. The number of esters is 1. The Bertz CT molecular complexity index is 1010. The van der Waals surface area contributed by atoms with Crippen LogP contribution in [-0.2, 0) is 15.7 Å². The zero-order chi connectivity index (χ0) is 25.3. The highest BCUT2D eigenvalue weighted by molar-refractivity contribution is 7.99. The van der Waals surface area contributed by atoms with Crippen LogP contribution in [0.15, 0.2) is 58.0 Å². The Hall–Kier alpha value is -2.22. The minimum absolute atomic E-state index is 0.0720. The predicted molar refractivity (Wildman–Crippen MR) is 127 cm³/mol. The van der Waals surface area contributed by atoms with Gasteiger partial charge in [0.2, 0.25) is 0 Å². The van der Waals surface area contributed by atoms with Gasteiger partial charge in [-0.05, 0) is 37.3 Å². The van der Waals surface area contributed by atoms with Gasteiger partial charge in [-0.15, -0.1) is 11.8 Å². The number of aliphatic hydroxyl groups is 1. The third-order valence-electron chi connectivity index (χ3n) is 6.84. The molecule has 4 unspecified atom stereocenters. The Morgan fingerprint density at radius 3 is 2.56 bits per heavy atom. The fourth-order valence-corrected chi connectivity index (χ4v) is 5.73. The molecule has 1 aliphatic heterocycles. The van der Waals surface area contributed by atoms with E-state index in [1.807, 2.05) is 13.8 Å². The molecule has 34 heavy (non-hydrogen) atoms. The number of thioether (sulfide) groups is 1. The highest BCUT2D eigenvalue weighted by atomic mass is 32.2. The summed E-state index contributed by atoms with van der Waals surface area (Å²) in [7, 11) is 0. The van der Waals surface area contributed by atoms with E-state index < -0.39 is 23.8 Å². The first-order valence-electron chi connectivity index (χ1n) is 11.6. The maximum Gasteiger partial charge on any atom is 0.417 e. The topological polar surface area (TPSA) is 59.4 Å². The van der Waals surface area contributed by atoms with Crippen LogP contribution in [0, 0.1) is 17.3 Å². The van der Waals surface area contributed by atoms with E-state index in [0.717, 1.165) is 36.3 Å². The molecule has 4 nitrogen and oxygen atoms in total. The fraction of sp³-hybridized carbons (Fsp3) is 0.538. The third-order valence-corrected chi connectivity index (χ3v) is 8.07. The first-order valence-corrected chi connectivity index (χ1v) is 12.6. The minimum Gasteiger partial charge on any atom is -0.512 e. The number of aromatic nitrogens is 1. The predicted octanol–water partition coefficient (Wildman–Crippen LogP) is 7.29. The van der Waals surface area contributed by atoms with E-state index in [2.05, 4.69) is 37.9 Å². The molecular formula is C26H32F3NO3S. The van der Waals surface area contributed by atoms with Gasteiger partial charge in [0.15, 0.2) is 0 Å². The Balaban J connectivity index is 1.73. The van der Waals surface area contributed by atoms with E-state index >= 15 is 0 Å². The summed E-state index contributed by atoms with van der Waals surface area (Å²) >= 11 is 1.30. The number of allylic oxidation sites excluding steroid dienone is 4. The SMILES string of the molecule is CCC1=CC(C)=CC(C)(CC)C1C1=C(O)CC(C(C)CSc2ccc(C(F)(F)F)cn2)OC1=O. The Kier molecular flexibility index (Phi) is 7.90. The molecule has 1 aromatic heterocycles. The van der Waals surface area contributed by atoms with Crippen molar-refractivity contribution in [2.24, 2.45) is 17.3 Å². The van der Waals surface area contributed by atoms with Crippen LogP contribution in [-0.4, -0.2) is 27.9 Å². The highest BCUT2D eigenvalue weighted by Crippen LogP contribution is 2.49. The van der Waals surface area contributed by atoms with E-state index in [4.69, 9.17) is 4.74 Å². The number of ether oxygens (including phenoxy) is 1. The molecule has 8 heteroatoms. The van der Waals surface area contributed by atoms with E-state index in [1.165, 1.54) is 17.8 Å².